The lowest BCUT2D eigenvalue weighted by molar-refractivity contribution is 0.111. The fourth-order valence-electron chi connectivity index (χ4n) is 5.65. The zero-order valence-electron chi connectivity index (χ0n) is 21.4. The third-order valence-corrected chi connectivity index (χ3v) is 10.0. The third-order valence-electron chi connectivity index (χ3n) is 8.11. The first kappa shape index (κ1) is 25.7. The van der Waals surface area contributed by atoms with Crippen LogP contribution in [0, 0.1) is 11.7 Å². The molecular weight excluding hydrogens is 507 g/mol. The van der Waals surface area contributed by atoms with E-state index in [1.807, 2.05) is 6.20 Å². The van der Waals surface area contributed by atoms with Gasteiger partial charge in [0.1, 0.15) is 11.5 Å². The summed E-state index contributed by atoms with van der Waals surface area (Å²) in [5, 5.41) is 17.2. The summed E-state index contributed by atoms with van der Waals surface area (Å²) in [6.07, 6.45) is 10.1. The number of aliphatic hydroxyl groups excluding tert-OH is 1. The van der Waals surface area contributed by atoms with Crippen molar-refractivity contribution in [1.29, 1.82) is 0 Å². The minimum atomic E-state index is -3.77. The van der Waals surface area contributed by atoms with E-state index in [-0.39, 0.29) is 17.0 Å². The molecule has 204 valence electrons. The molecule has 2 aliphatic carbocycles. The Bertz CT molecular complexity index is 1410. The summed E-state index contributed by atoms with van der Waals surface area (Å²) in [4.78, 5) is 9.31. The molecule has 0 spiro atoms. The maximum atomic E-state index is 15.6. The topological polar surface area (TPSA) is 112 Å². The molecule has 38 heavy (non-hydrogen) atoms. The number of nitrogens with one attached hydrogen (secondary N) is 2. The molecule has 0 atom stereocenters. The number of halogens is 1. The average Bonchev–Trinajstić information content (AvgIpc) is 3.68. The number of anilines is 1. The monoisotopic (exact) mass is 542 g/mol. The maximum Gasteiger partial charge on any atom is 0.243 e. The highest BCUT2D eigenvalue weighted by molar-refractivity contribution is 7.89. The van der Waals surface area contributed by atoms with Crippen LogP contribution >= 0.6 is 0 Å². The number of hydrogen-bond acceptors (Lipinski definition) is 7. The first-order chi connectivity index (χ1) is 18.4. The van der Waals surface area contributed by atoms with Crippen LogP contribution in [0.25, 0.3) is 22.2 Å². The average molecular weight is 543 g/mol. The molecular formula is C27H35FN6O3S. The van der Waals surface area contributed by atoms with E-state index in [9.17, 15) is 13.5 Å². The number of rotatable bonds is 8. The van der Waals surface area contributed by atoms with Gasteiger partial charge in [-0.05, 0) is 50.2 Å². The highest BCUT2D eigenvalue weighted by atomic mass is 32.2. The molecule has 3 fully saturated rings. The highest BCUT2D eigenvalue weighted by Gasteiger charge is 2.28. The molecule has 0 unspecified atom stereocenters. The lowest BCUT2D eigenvalue weighted by Crippen LogP contribution is -2.46. The highest BCUT2D eigenvalue weighted by Crippen LogP contribution is 2.38. The number of hydrogen-bond donors (Lipinski definition) is 3. The van der Waals surface area contributed by atoms with E-state index < -0.39 is 15.8 Å². The van der Waals surface area contributed by atoms with Crippen LogP contribution in [0.1, 0.15) is 51.0 Å². The van der Waals surface area contributed by atoms with Gasteiger partial charge < -0.3 is 20.3 Å². The van der Waals surface area contributed by atoms with Crippen LogP contribution in [0.4, 0.5) is 10.3 Å². The van der Waals surface area contributed by atoms with Crippen LogP contribution < -0.4 is 10.6 Å². The molecule has 2 saturated carbocycles. The number of sulfonamides is 1. The number of benzene rings is 1. The van der Waals surface area contributed by atoms with Crippen molar-refractivity contribution in [3.8, 4) is 11.1 Å². The molecule has 6 rings (SSSR count). The molecule has 1 aromatic carbocycles. The summed E-state index contributed by atoms with van der Waals surface area (Å²) in [6, 6.07) is 4.31. The lowest BCUT2D eigenvalue weighted by atomic mass is 9.93. The second kappa shape index (κ2) is 10.5. The molecule has 1 saturated heterocycles. The van der Waals surface area contributed by atoms with E-state index in [2.05, 4.69) is 20.2 Å². The predicted molar refractivity (Wildman–Crippen MR) is 144 cm³/mol. The normalized spacial score (nSPS) is 23.1. The second-order valence-corrected chi connectivity index (χ2v) is 12.7. The van der Waals surface area contributed by atoms with Crippen molar-refractivity contribution < 1.29 is 17.9 Å². The molecule has 1 aliphatic heterocycles. The predicted octanol–water partition coefficient (Wildman–Crippen LogP) is 3.52. The van der Waals surface area contributed by atoms with Gasteiger partial charge >= 0.3 is 0 Å². The Kier molecular flexibility index (Phi) is 7.10. The first-order valence-electron chi connectivity index (χ1n) is 13.7. The largest absolute Gasteiger partial charge is 0.393 e. The standard InChI is InChI=1S/C27H35FN6O3S/c28-25-15-21(38(36,37)33-13-11-29-12-14-33)7-8-22(25)24-17-34(19-3-5-20(35)6-4-19)26-23(24)16-31-27(32-26)30-10-9-18-1-2-18/h7-8,15-20,29,35H,1-6,9-14H2,(H,30,31,32)/t19-,20-. The molecule has 11 heteroatoms. The van der Waals surface area contributed by atoms with Gasteiger partial charge in [0.2, 0.25) is 16.0 Å². The van der Waals surface area contributed by atoms with Gasteiger partial charge in [0.05, 0.1) is 11.0 Å². The molecule has 9 nitrogen and oxygen atoms in total. The molecule has 0 radical (unpaired) electrons. The van der Waals surface area contributed by atoms with Crippen molar-refractivity contribution in [2.45, 2.75) is 62.0 Å². The molecule has 3 aliphatic rings. The van der Waals surface area contributed by atoms with E-state index >= 15 is 4.39 Å². The minimum absolute atomic E-state index is 0.0379. The van der Waals surface area contributed by atoms with Crippen LogP contribution in [0.3, 0.4) is 0 Å². The molecule has 3 N–H and O–H groups in total. The van der Waals surface area contributed by atoms with Gasteiger partial charge in [0.25, 0.3) is 0 Å². The zero-order chi connectivity index (χ0) is 26.3. The van der Waals surface area contributed by atoms with Gasteiger partial charge in [0, 0.05) is 67.7 Å². The van der Waals surface area contributed by atoms with Gasteiger partial charge in [-0.1, -0.05) is 18.9 Å². The fourth-order valence-corrected chi connectivity index (χ4v) is 7.10. The van der Waals surface area contributed by atoms with Crippen molar-refractivity contribution in [2.75, 3.05) is 38.0 Å². The zero-order valence-corrected chi connectivity index (χ0v) is 22.3. The van der Waals surface area contributed by atoms with Crippen molar-refractivity contribution >= 4 is 27.0 Å². The number of piperazine rings is 1. The summed E-state index contributed by atoms with van der Waals surface area (Å²) in [7, 11) is -3.77. The lowest BCUT2D eigenvalue weighted by Gasteiger charge is -2.27. The summed E-state index contributed by atoms with van der Waals surface area (Å²) in [5.74, 6) is 0.764. The first-order valence-corrected chi connectivity index (χ1v) is 15.1. The van der Waals surface area contributed by atoms with Crippen LogP contribution in [0.2, 0.25) is 0 Å². The van der Waals surface area contributed by atoms with E-state index in [1.54, 1.807) is 12.3 Å². The Hall–Kier alpha value is -2.60. The number of aromatic nitrogens is 3. The Labute approximate surface area is 222 Å². The number of nitrogens with zero attached hydrogens (tertiary/aromatic N) is 4. The van der Waals surface area contributed by atoms with Crippen molar-refractivity contribution in [1.82, 2.24) is 24.2 Å². The molecule has 0 amide bonds. The van der Waals surface area contributed by atoms with Crippen LogP contribution in [-0.4, -0.2) is 71.2 Å². The van der Waals surface area contributed by atoms with Gasteiger partial charge in [0.15, 0.2) is 0 Å². The summed E-state index contributed by atoms with van der Waals surface area (Å²) >= 11 is 0. The van der Waals surface area contributed by atoms with Crippen LogP contribution in [0.5, 0.6) is 0 Å². The van der Waals surface area contributed by atoms with E-state index in [0.717, 1.165) is 48.8 Å². The molecule has 3 aromatic rings. The van der Waals surface area contributed by atoms with Crippen molar-refractivity contribution in [3.05, 3.63) is 36.4 Å². The Balaban J connectivity index is 1.35. The Morgan fingerprint density at radius 3 is 2.55 bits per heavy atom. The van der Waals surface area contributed by atoms with Gasteiger partial charge in [-0.3, -0.25) is 0 Å². The van der Waals surface area contributed by atoms with Crippen molar-refractivity contribution in [3.63, 3.8) is 0 Å². The van der Waals surface area contributed by atoms with Gasteiger partial charge in [-0.2, -0.15) is 9.29 Å². The molecule has 0 bridgehead atoms. The Morgan fingerprint density at radius 2 is 1.84 bits per heavy atom. The molecule has 2 aromatic heterocycles. The third kappa shape index (κ3) is 5.16. The van der Waals surface area contributed by atoms with Crippen molar-refractivity contribution in [2.24, 2.45) is 5.92 Å². The number of aliphatic hydroxyl groups is 1. The summed E-state index contributed by atoms with van der Waals surface area (Å²) in [6.45, 7) is 2.70. The smallest absolute Gasteiger partial charge is 0.243 e. The van der Waals surface area contributed by atoms with Gasteiger partial charge in [-0.15, -0.1) is 0 Å². The van der Waals surface area contributed by atoms with Crippen LogP contribution in [0.15, 0.2) is 35.5 Å². The van der Waals surface area contributed by atoms with E-state index in [0.29, 0.717) is 56.1 Å². The SMILES string of the molecule is O=S(=O)(c1ccc(-c2cn([C@H]3CC[C@H](O)CC3)c3nc(NCCC4CC4)ncc23)c(F)c1)N1CCNCC1. The van der Waals surface area contributed by atoms with E-state index in [1.165, 1.54) is 23.2 Å². The summed E-state index contributed by atoms with van der Waals surface area (Å²) < 4.78 is 45.3. The second-order valence-electron chi connectivity index (χ2n) is 10.8. The quantitative estimate of drug-likeness (QED) is 0.399. The maximum absolute atomic E-state index is 15.6. The Morgan fingerprint density at radius 1 is 1.08 bits per heavy atom. The molecule has 3 heterocycles. The minimum Gasteiger partial charge on any atom is -0.393 e. The summed E-state index contributed by atoms with van der Waals surface area (Å²) in [5.41, 5.74) is 1.68. The fraction of sp³-hybridized carbons (Fsp3) is 0.556. The number of fused-ring (bicyclic) bond motifs is 1. The van der Waals surface area contributed by atoms with Crippen LogP contribution in [-0.2, 0) is 10.0 Å². The van der Waals surface area contributed by atoms with Gasteiger partial charge in [-0.25, -0.2) is 17.8 Å². The van der Waals surface area contributed by atoms with E-state index in [4.69, 9.17) is 4.98 Å².